The lowest BCUT2D eigenvalue weighted by atomic mass is 9.98. The third-order valence-corrected chi connectivity index (χ3v) is 13.7. The van der Waals surface area contributed by atoms with Crippen LogP contribution in [0.1, 0.15) is 76.1 Å². The van der Waals surface area contributed by atoms with Crippen molar-refractivity contribution in [2.45, 2.75) is 108 Å². The van der Waals surface area contributed by atoms with E-state index in [1.807, 2.05) is 36.4 Å². The molecule has 2 saturated heterocycles. The molecule has 2 fully saturated rings. The van der Waals surface area contributed by atoms with Gasteiger partial charge in [-0.05, 0) is 66.7 Å². The van der Waals surface area contributed by atoms with Crippen LogP contribution in [0.4, 0.5) is 0 Å². The third-order valence-electron chi connectivity index (χ3n) is 9.17. The van der Waals surface area contributed by atoms with E-state index in [2.05, 4.69) is 44.5 Å². The van der Waals surface area contributed by atoms with Gasteiger partial charge in [0.1, 0.15) is 12.1 Å². The minimum Gasteiger partial charge on any atom is -0.481 e. The van der Waals surface area contributed by atoms with E-state index >= 15 is 0 Å². The molecule has 2 aromatic rings. The maximum absolute atomic E-state index is 13.9. The fourth-order valence-corrected chi connectivity index (χ4v) is 6.73. The van der Waals surface area contributed by atoms with E-state index in [4.69, 9.17) is 4.43 Å². The topological polar surface area (TPSA) is 125 Å². The van der Waals surface area contributed by atoms with Crippen LogP contribution in [0, 0.1) is 0 Å². The normalized spacial score (nSPS) is 22.2. The van der Waals surface area contributed by atoms with Crippen molar-refractivity contribution in [1.29, 1.82) is 0 Å². The highest BCUT2D eigenvalue weighted by atomic mass is 28.4. The highest BCUT2D eigenvalue weighted by molar-refractivity contribution is 6.74. The standard InChI is InChI=1S/C32H45N3O6Si/c1-32(2,3)42(4,5)41-20-24(19-28(36)37)33-30(39)27-17-16-25-12-8-9-13-26(31(40)35(25)27)34-29(38)23-15-14-21-10-6-7-11-22(21)18-23/h6-7,10-11,14-15,18,24-27H,8-9,12-13,16-17,19-20H2,1-5H3,(H,33,39)(H,34,38)(H,36,37)/t24-,25-,26-,27-/m0/s1. The van der Waals surface area contributed by atoms with Crippen LogP contribution in [-0.4, -0.2) is 72.8 Å². The highest BCUT2D eigenvalue weighted by Crippen LogP contribution is 2.37. The number of nitrogens with zero attached hydrogens (tertiary/aromatic N) is 1. The van der Waals surface area contributed by atoms with Gasteiger partial charge in [-0.3, -0.25) is 19.2 Å². The first-order valence-electron chi connectivity index (χ1n) is 15.0. The van der Waals surface area contributed by atoms with Crippen molar-refractivity contribution in [3.8, 4) is 0 Å². The predicted octanol–water partition coefficient (Wildman–Crippen LogP) is 4.85. The summed E-state index contributed by atoms with van der Waals surface area (Å²) in [5, 5.41) is 17.3. The van der Waals surface area contributed by atoms with Crippen LogP contribution in [0.3, 0.4) is 0 Å². The van der Waals surface area contributed by atoms with Crippen LogP contribution in [0.5, 0.6) is 0 Å². The molecular weight excluding hydrogens is 550 g/mol. The number of benzene rings is 2. The number of carboxylic acid groups (broad SMARTS) is 1. The molecule has 2 aliphatic heterocycles. The van der Waals surface area contributed by atoms with Gasteiger partial charge in [0.2, 0.25) is 11.8 Å². The molecule has 0 spiro atoms. The van der Waals surface area contributed by atoms with Gasteiger partial charge in [0.15, 0.2) is 8.32 Å². The second-order valence-electron chi connectivity index (χ2n) is 13.2. The van der Waals surface area contributed by atoms with Gasteiger partial charge < -0.3 is 25.1 Å². The monoisotopic (exact) mass is 595 g/mol. The molecule has 2 aromatic carbocycles. The van der Waals surface area contributed by atoms with Crippen LogP contribution in [0.2, 0.25) is 18.1 Å². The quantitative estimate of drug-likeness (QED) is 0.356. The lowest BCUT2D eigenvalue weighted by molar-refractivity contribution is -0.143. The van der Waals surface area contributed by atoms with E-state index in [-0.39, 0.29) is 41.8 Å². The molecule has 0 bridgehead atoms. The Morgan fingerprint density at radius 2 is 1.71 bits per heavy atom. The number of amides is 3. The van der Waals surface area contributed by atoms with Crippen molar-refractivity contribution in [2.24, 2.45) is 0 Å². The van der Waals surface area contributed by atoms with Gasteiger partial charge in [0.25, 0.3) is 5.91 Å². The average Bonchev–Trinajstić information content (AvgIpc) is 3.34. The van der Waals surface area contributed by atoms with Gasteiger partial charge in [0, 0.05) is 11.6 Å². The summed E-state index contributed by atoms with van der Waals surface area (Å²) in [6.45, 7) is 10.6. The molecule has 0 saturated carbocycles. The smallest absolute Gasteiger partial charge is 0.305 e. The van der Waals surface area contributed by atoms with Crippen LogP contribution in [0.15, 0.2) is 42.5 Å². The number of carbonyl (C=O) groups excluding carboxylic acids is 3. The molecule has 4 atom stereocenters. The third kappa shape index (κ3) is 7.39. The van der Waals surface area contributed by atoms with E-state index in [0.717, 1.165) is 30.0 Å². The summed E-state index contributed by atoms with van der Waals surface area (Å²) < 4.78 is 6.25. The number of hydrogen-bond acceptors (Lipinski definition) is 5. The molecule has 2 aliphatic rings. The Kier molecular flexibility index (Phi) is 9.77. The van der Waals surface area contributed by atoms with Gasteiger partial charge in [-0.1, -0.05) is 63.9 Å². The number of carbonyl (C=O) groups is 4. The Morgan fingerprint density at radius 1 is 1.02 bits per heavy atom. The van der Waals surface area contributed by atoms with Crippen LogP contribution in [0.25, 0.3) is 10.8 Å². The SMILES string of the molecule is CC(C)(C)[Si](C)(C)OC[C@H](CC(=O)O)NC(=O)[C@@H]1CC[C@@H]2CCCC[C@H](NC(=O)c3ccc4ccccc4c3)C(=O)N21. The number of rotatable bonds is 9. The van der Waals surface area contributed by atoms with Crippen LogP contribution < -0.4 is 10.6 Å². The van der Waals surface area contributed by atoms with Gasteiger partial charge in [-0.2, -0.15) is 0 Å². The van der Waals surface area contributed by atoms with E-state index in [1.165, 1.54) is 0 Å². The lowest BCUT2D eigenvalue weighted by Gasteiger charge is -2.38. The van der Waals surface area contributed by atoms with Crippen molar-refractivity contribution in [3.63, 3.8) is 0 Å². The van der Waals surface area contributed by atoms with Gasteiger partial charge in [0.05, 0.1) is 19.1 Å². The first-order valence-corrected chi connectivity index (χ1v) is 18.0. The number of hydrogen-bond donors (Lipinski definition) is 3. The zero-order chi connectivity index (χ0) is 30.7. The molecule has 10 heteroatoms. The summed E-state index contributed by atoms with van der Waals surface area (Å²) in [5.74, 6) is -1.96. The molecule has 0 aromatic heterocycles. The molecule has 42 heavy (non-hydrogen) atoms. The molecule has 0 aliphatic carbocycles. The molecule has 0 unspecified atom stereocenters. The Balaban J connectivity index is 1.47. The molecule has 9 nitrogen and oxygen atoms in total. The summed E-state index contributed by atoms with van der Waals surface area (Å²) >= 11 is 0. The molecular formula is C32H45N3O6Si. The first-order chi connectivity index (χ1) is 19.8. The minimum absolute atomic E-state index is 0.0628. The fraction of sp³-hybridized carbons (Fsp3) is 0.562. The zero-order valence-electron chi connectivity index (χ0n) is 25.4. The molecule has 3 amide bonds. The highest BCUT2D eigenvalue weighted by Gasteiger charge is 2.44. The van der Waals surface area contributed by atoms with Crippen molar-refractivity contribution >= 4 is 42.8 Å². The van der Waals surface area contributed by atoms with E-state index in [9.17, 15) is 24.3 Å². The predicted molar refractivity (Wildman–Crippen MR) is 165 cm³/mol. The fourth-order valence-electron chi connectivity index (χ4n) is 5.68. The van der Waals surface area contributed by atoms with Crippen LogP contribution in [-0.2, 0) is 18.8 Å². The minimum atomic E-state index is -2.17. The van der Waals surface area contributed by atoms with Crippen molar-refractivity contribution in [1.82, 2.24) is 15.5 Å². The summed E-state index contributed by atoms with van der Waals surface area (Å²) in [6, 6.07) is 11.0. The Bertz CT molecular complexity index is 1320. The molecule has 2 heterocycles. The van der Waals surface area contributed by atoms with Gasteiger partial charge >= 0.3 is 5.97 Å². The second-order valence-corrected chi connectivity index (χ2v) is 18.0. The van der Waals surface area contributed by atoms with Crippen molar-refractivity contribution in [2.75, 3.05) is 6.61 Å². The molecule has 0 radical (unpaired) electrons. The summed E-state index contributed by atoms with van der Waals surface area (Å²) in [6.07, 6.45) is 3.92. The molecule has 228 valence electrons. The Morgan fingerprint density at radius 3 is 2.40 bits per heavy atom. The maximum Gasteiger partial charge on any atom is 0.305 e. The Hall–Kier alpha value is -3.24. The number of fused-ring (bicyclic) bond motifs is 2. The largest absolute Gasteiger partial charge is 0.481 e. The Labute approximate surface area is 249 Å². The molecule has 4 rings (SSSR count). The summed E-state index contributed by atoms with van der Waals surface area (Å²) in [4.78, 5) is 54.1. The van der Waals surface area contributed by atoms with E-state index in [0.29, 0.717) is 24.8 Å². The van der Waals surface area contributed by atoms with E-state index in [1.54, 1.807) is 11.0 Å². The zero-order valence-corrected chi connectivity index (χ0v) is 26.4. The van der Waals surface area contributed by atoms with Crippen molar-refractivity contribution < 1.29 is 28.7 Å². The lowest BCUT2D eigenvalue weighted by Crippen LogP contribution is -2.57. The summed E-state index contributed by atoms with van der Waals surface area (Å²) in [5.41, 5.74) is 0.481. The van der Waals surface area contributed by atoms with Gasteiger partial charge in [-0.15, -0.1) is 0 Å². The van der Waals surface area contributed by atoms with Crippen molar-refractivity contribution in [3.05, 3.63) is 48.0 Å². The van der Waals surface area contributed by atoms with E-state index < -0.39 is 32.4 Å². The number of aliphatic carboxylic acids is 1. The first kappa shape index (κ1) is 31.7. The number of nitrogens with one attached hydrogen (secondary N) is 2. The van der Waals surface area contributed by atoms with Gasteiger partial charge in [-0.25, -0.2) is 0 Å². The maximum atomic E-state index is 13.9. The summed E-state index contributed by atoms with van der Waals surface area (Å²) in [7, 11) is -2.17. The molecule has 3 N–H and O–H groups in total. The average molecular weight is 596 g/mol. The number of carboxylic acids is 1. The van der Waals surface area contributed by atoms with Crippen LogP contribution >= 0.6 is 0 Å². The second kappa shape index (κ2) is 13.0.